The Balaban J connectivity index is 1.94. The van der Waals surface area contributed by atoms with Gasteiger partial charge in [-0.2, -0.15) is 5.26 Å². The van der Waals surface area contributed by atoms with Gasteiger partial charge in [0, 0.05) is 0 Å². The molecule has 0 spiro atoms. The predicted octanol–water partition coefficient (Wildman–Crippen LogP) is 1.62. The zero-order chi connectivity index (χ0) is 25.1. The van der Waals surface area contributed by atoms with Crippen LogP contribution < -0.4 is 35.7 Å². The van der Waals surface area contributed by atoms with Crippen LogP contribution in [0.2, 0.25) is 0 Å². The fourth-order valence-corrected chi connectivity index (χ4v) is 5.20. The van der Waals surface area contributed by atoms with E-state index in [-0.39, 0.29) is 17.0 Å². The second-order valence-corrected chi connectivity index (χ2v) is 8.71. The lowest BCUT2D eigenvalue weighted by Gasteiger charge is -2.24. The molecular weight excluding hydrogens is 464 g/mol. The first-order chi connectivity index (χ1) is 16.9. The van der Waals surface area contributed by atoms with Crippen molar-refractivity contribution >= 4 is 34.7 Å². The van der Waals surface area contributed by atoms with Gasteiger partial charge < -0.3 is 20.9 Å². The molecule has 0 saturated carbocycles. The molecule has 0 bridgehead atoms. The quantitative estimate of drug-likeness (QED) is 0.519. The van der Waals surface area contributed by atoms with Crippen molar-refractivity contribution in [1.82, 2.24) is 4.57 Å². The molecule has 35 heavy (non-hydrogen) atoms. The highest BCUT2D eigenvalue weighted by Crippen LogP contribution is 2.36. The van der Waals surface area contributed by atoms with Crippen molar-refractivity contribution in [2.75, 3.05) is 13.2 Å². The summed E-state index contributed by atoms with van der Waals surface area (Å²) in [4.78, 5) is 26.0. The second-order valence-electron chi connectivity index (χ2n) is 7.68. The van der Waals surface area contributed by atoms with Crippen molar-refractivity contribution in [2.45, 2.75) is 19.8 Å². The maximum Gasteiger partial charge on any atom is 0.274 e. The number of aromatic nitrogens is 1. The van der Waals surface area contributed by atoms with Gasteiger partial charge in [0.15, 0.2) is 0 Å². The summed E-state index contributed by atoms with van der Waals surface area (Å²) in [6.07, 6.45) is 1.71. The number of carbonyl (C=O) groups excluding carboxylic acids is 1. The van der Waals surface area contributed by atoms with Gasteiger partial charge in [0.1, 0.15) is 22.0 Å². The molecule has 1 aliphatic rings. The van der Waals surface area contributed by atoms with Crippen LogP contribution in [0.15, 0.2) is 58.9 Å². The molecule has 1 aliphatic heterocycles. The Labute approximate surface area is 205 Å². The fraction of sp³-hybridized carbons (Fsp3) is 0.192. The van der Waals surface area contributed by atoms with E-state index in [0.717, 1.165) is 22.6 Å². The van der Waals surface area contributed by atoms with Gasteiger partial charge in [-0.25, -0.2) is 0 Å². The Kier molecular flexibility index (Phi) is 6.75. The summed E-state index contributed by atoms with van der Waals surface area (Å²) in [5.74, 6) is -0.168. The number of hydrogen-bond acceptors (Lipinski definition) is 7. The molecule has 2 heterocycles. The van der Waals surface area contributed by atoms with Gasteiger partial charge in [-0.3, -0.25) is 14.2 Å². The molecule has 4 N–H and O–H groups in total. The zero-order valence-electron chi connectivity index (χ0n) is 19.3. The van der Waals surface area contributed by atoms with Gasteiger partial charge >= 0.3 is 0 Å². The van der Waals surface area contributed by atoms with E-state index in [1.165, 1.54) is 4.57 Å². The van der Waals surface area contributed by atoms with Crippen LogP contribution in [0.3, 0.4) is 0 Å². The van der Waals surface area contributed by atoms with E-state index in [1.54, 1.807) is 30.3 Å². The van der Waals surface area contributed by atoms with Crippen molar-refractivity contribution in [3.05, 3.63) is 84.8 Å². The average Bonchev–Trinajstić information content (AvgIpc) is 3.16. The minimum atomic E-state index is -0.801. The summed E-state index contributed by atoms with van der Waals surface area (Å²) in [6.45, 7) is 4.84. The number of amides is 1. The van der Waals surface area contributed by atoms with Gasteiger partial charge in [-0.05, 0) is 55.3 Å². The van der Waals surface area contributed by atoms with E-state index >= 15 is 0 Å². The molecule has 1 aromatic heterocycles. The van der Waals surface area contributed by atoms with Gasteiger partial charge in [0.2, 0.25) is 5.91 Å². The van der Waals surface area contributed by atoms with E-state index in [4.69, 9.17) is 20.9 Å². The van der Waals surface area contributed by atoms with Gasteiger partial charge in [-0.15, -0.1) is 11.3 Å². The summed E-state index contributed by atoms with van der Waals surface area (Å²) in [5, 5.41) is 9.95. The molecule has 1 unspecified atom stereocenters. The minimum Gasteiger partial charge on any atom is -0.494 e. The number of allylic oxidation sites excluding steroid dienone is 1. The number of benzene rings is 2. The first-order valence-electron chi connectivity index (χ1n) is 11.0. The Hall–Kier alpha value is -4.29. The first-order valence-corrected chi connectivity index (χ1v) is 11.8. The third kappa shape index (κ3) is 4.44. The number of carbonyl (C=O) groups is 1. The van der Waals surface area contributed by atoms with E-state index < -0.39 is 17.4 Å². The molecule has 8 nitrogen and oxygen atoms in total. The summed E-state index contributed by atoms with van der Waals surface area (Å²) in [6, 6.07) is 16.4. The van der Waals surface area contributed by atoms with Gasteiger partial charge in [-0.1, -0.05) is 24.3 Å². The van der Waals surface area contributed by atoms with E-state index in [0.29, 0.717) is 33.7 Å². The van der Waals surface area contributed by atoms with Crippen molar-refractivity contribution in [3.63, 3.8) is 0 Å². The lowest BCUT2D eigenvalue weighted by atomic mass is 9.83. The van der Waals surface area contributed by atoms with Crippen LogP contribution in [-0.4, -0.2) is 23.7 Å². The average molecular weight is 489 g/mol. The van der Waals surface area contributed by atoms with Crippen LogP contribution in [0.1, 0.15) is 30.9 Å². The van der Waals surface area contributed by atoms with Gasteiger partial charge in [0.25, 0.3) is 5.56 Å². The van der Waals surface area contributed by atoms with Crippen molar-refractivity contribution in [3.8, 4) is 17.6 Å². The Bertz CT molecular complexity index is 1520. The lowest BCUT2D eigenvalue weighted by molar-refractivity contribution is -0.113. The maximum atomic E-state index is 13.3. The molecule has 9 heteroatoms. The highest BCUT2D eigenvalue weighted by Gasteiger charge is 2.34. The molecule has 0 aliphatic carbocycles. The first kappa shape index (κ1) is 23.9. The van der Waals surface area contributed by atoms with E-state index in [2.05, 4.69) is 6.07 Å². The normalized spacial score (nSPS) is 15.5. The van der Waals surface area contributed by atoms with Crippen molar-refractivity contribution in [2.24, 2.45) is 11.5 Å². The molecule has 3 aromatic rings. The van der Waals surface area contributed by atoms with Crippen LogP contribution in [0.5, 0.6) is 11.5 Å². The largest absolute Gasteiger partial charge is 0.494 e. The number of nitriles is 1. The monoisotopic (exact) mass is 488 g/mol. The molecular formula is C26H24N4O4S. The number of nitrogens with two attached hydrogens (primary N) is 2. The van der Waals surface area contributed by atoms with Crippen LogP contribution in [0.25, 0.3) is 17.5 Å². The van der Waals surface area contributed by atoms with Crippen LogP contribution in [0.4, 0.5) is 0 Å². The molecule has 0 fully saturated rings. The van der Waals surface area contributed by atoms with Crippen molar-refractivity contribution < 1.29 is 14.3 Å². The third-order valence-corrected chi connectivity index (χ3v) is 6.66. The highest BCUT2D eigenvalue weighted by atomic mass is 32.1. The van der Waals surface area contributed by atoms with E-state index in [9.17, 15) is 14.9 Å². The number of thiazole rings is 1. The highest BCUT2D eigenvalue weighted by molar-refractivity contribution is 7.07. The number of ether oxygens (including phenoxy) is 2. The number of rotatable bonds is 7. The molecule has 4 rings (SSSR count). The number of primary amides is 1. The Morgan fingerprint density at radius 2 is 1.66 bits per heavy atom. The second kappa shape index (κ2) is 9.91. The molecule has 0 saturated heterocycles. The van der Waals surface area contributed by atoms with Crippen LogP contribution >= 0.6 is 11.3 Å². The maximum absolute atomic E-state index is 13.3. The standard InChI is InChI=1S/C26H24N4O4S/c1-3-33-17-9-5-15(6-10-17)13-20-25(32)30-23(28)19(14-27)21(22(24(29)31)26(30)35-20)16-7-11-18(12-8-16)34-4-2/h5-13,21H,3-4,28H2,1-2H3,(H2,29,31). The molecule has 178 valence electrons. The van der Waals surface area contributed by atoms with Crippen LogP contribution in [-0.2, 0) is 4.79 Å². The fourth-order valence-electron chi connectivity index (χ4n) is 4.02. The van der Waals surface area contributed by atoms with Crippen LogP contribution in [0, 0.1) is 11.3 Å². The summed E-state index contributed by atoms with van der Waals surface area (Å²) in [7, 11) is 0. The SMILES string of the molecule is CCOc1ccc(C=c2sc3n(c2=O)C(N)=C(C#N)C(c2ccc(OCC)cc2)C=3C(N)=O)cc1. The summed E-state index contributed by atoms with van der Waals surface area (Å²) >= 11 is 1.11. The minimum absolute atomic E-state index is 0.0148. The topological polar surface area (TPSA) is 133 Å². The predicted molar refractivity (Wildman–Crippen MR) is 135 cm³/mol. The summed E-state index contributed by atoms with van der Waals surface area (Å²) < 4.78 is 12.8. The number of hydrogen-bond donors (Lipinski definition) is 2. The number of fused-ring (bicyclic) bond motifs is 1. The van der Waals surface area contributed by atoms with Crippen molar-refractivity contribution in [1.29, 1.82) is 5.26 Å². The number of nitrogens with zero attached hydrogens (tertiary/aromatic N) is 2. The molecule has 1 amide bonds. The molecule has 2 aromatic carbocycles. The van der Waals surface area contributed by atoms with E-state index in [1.807, 2.05) is 38.1 Å². The zero-order valence-corrected chi connectivity index (χ0v) is 20.1. The summed E-state index contributed by atoms with van der Waals surface area (Å²) in [5.41, 5.74) is 13.4. The molecule has 1 atom stereocenters. The Morgan fingerprint density at radius 1 is 1.09 bits per heavy atom. The third-order valence-electron chi connectivity index (χ3n) is 5.55. The molecule has 0 radical (unpaired) electrons. The lowest BCUT2D eigenvalue weighted by Crippen LogP contribution is -2.41. The smallest absolute Gasteiger partial charge is 0.274 e. The Morgan fingerprint density at radius 3 is 2.17 bits per heavy atom. The van der Waals surface area contributed by atoms with Gasteiger partial charge in [0.05, 0.1) is 40.9 Å².